The van der Waals surface area contributed by atoms with E-state index in [1.54, 1.807) is 25.1 Å². The molecule has 8 heteroatoms. The van der Waals surface area contributed by atoms with Gasteiger partial charge in [-0.15, -0.1) is 0 Å². The van der Waals surface area contributed by atoms with Gasteiger partial charge in [0.15, 0.2) is 0 Å². The average molecular weight is 375 g/mol. The number of nitrogens with zero attached hydrogens (tertiary/aromatic N) is 2. The number of aromatic nitrogens is 2. The van der Waals surface area contributed by atoms with Crippen LogP contribution in [0.4, 0.5) is 18.9 Å². The summed E-state index contributed by atoms with van der Waals surface area (Å²) in [5.41, 5.74) is -0.683. The Morgan fingerprint density at radius 2 is 1.93 bits per heavy atom. The van der Waals surface area contributed by atoms with Crippen molar-refractivity contribution >= 4 is 11.6 Å². The first-order valence-corrected chi connectivity index (χ1v) is 7.97. The molecule has 1 N–H and O–H groups in total. The summed E-state index contributed by atoms with van der Waals surface area (Å²) in [5.74, 6) is 0.190. The minimum Gasteiger partial charge on any atom is -0.496 e. The first-order valence-electron chi connectivity index (χ1n) is 7.97. The number of halogens is 3. The van der Waals surface area contributed by atoms with Crippen LogP contribution in [0, 0.1) is 6.92 Å². The van der Waals surface area contributed by atoms with E-state index >= 15 is 0 Å². The van der Waals surface area contributed by atoms with Gasteiger partial charge in [-0.2, -0.15) is 13.2 Å². The number of aryl methyl sites for hydroxylation is 1. The van der Waals surface area contributed by atoms with E-state index in [-0.39, 0.29) is 16.9 Å². The number of hydrogen-bond donors (Lipinski definition) is 1. The third-order valence-corrected chi connectivity index (χ3v) is 4.00. The number of hydrogen-bond acceptors (Lipinski definition) is 3. The molecule has 0 bridgehead atoms. The predicted octanol–water partition coefficient (Wildman–Crippen LogP) is 4.46. The van der Waals surface area contributed by atoms with Crippen LogP contribution in [0.1, 0.15) is 21.7 Å². The highest BCUT2D eigenvalue weighted by Crippen LogP contribution is 2.36. The van der Waals surface area contributed by atoms with E-state index < -0.39 is 17.6 Å². The molecule has 0 aliphatic carbocycles. The van der Waals surface area contributed by atoms with Crippen LogP contribution in [-0.2, 0) is 6.18 Å². The summed E-state index contributed by atoms with van der Waals surface area (Å²) in [7, 11) is 1.41. The van der Waals surface area contributed by atoms with Gasteiger partial charge in [-0.1, -0.05) is 12.1 Å². The maximum atomic E-state index is 13.6. The Morgan fingerprint density at radius 1 is 1.19 bits per heavy atom. The molecule has 1 aromatic heterocycles. The summed E-state index contributed by atoms with van der Waals surface area (Å²) in [4.78, 5) is 16.4. The highest BCUT2D eigenvalue weighted by atomic mass is 19.4. The lowest BCUT2D eigenvalue weighted by atomic mass is 10.1. The molecular weight excluding hydrogens is 359 g/mol. The lowest BCUT2D eigenvalue weighted by Crippen LogP contribution is -2.16. The highest BCUT2D eigenvalue weighted by molar-refractivity contribution is 6.06. The van der Waals surface area contributed by atoms with Gasteiger partial charge in [0.25, 0.3) is 5.91 Å². The normalized spacial score (nSPS) is 11.3. The molecule has 27 heavy (non-hydrogen) atoms. The first kappa shape index (κ1) is 18.5. The number of carbonyl (C=O) groups is 1. The van der Waals surface area contributed by atoms with Gasteiger partial charge < -0.3 is 14.6 Å². The summed E-state index contributed by atoms with van der Waals surface area (Å²) in [5, 5.41) is 2.49. The Balaban J connectivity index is 1.98. The summed E-state index contributed by atoms with van der Waals surface area (Å²) in [6.45, 7) is 1.61. The number of nitrogens with one attached hydrogen (secondary N) is 1. The fourth-order valence-corrected chi connectivity index (χ4v) is 2.71. The molecule has 0 saturated heterocycles. The van der Waals surface area contributed by atoms with Gasteiger partial charge >= 0.3 is 6.18 Å². The molecule has 1 heterocycles. The van der Waals surface area contributed by atoms with E-state index in [2.05, 4.69) is 10.3 Å². The van der Waals surface area contributed by atoms with Gasteiger partial charge in [-0.3, -0.25) is 4.79 Å². The standard InChI is InChI=1S/C19H16F3N3O2/c1-12-23-9-10-25(12)16-8-7-13(11-15(16)19(20,21)22)24-18(26)14-5-3-4-6-17(14)27-2/h3-11H,1-2H3,(H,24,26). The minimum absolute atomic E-state index is 0.0275. The minimum atomic E-state index is -4.60. The van der Waals surface area contributed by atoms with E-state index in [1.165, 1.54) is 42.3 Å². The molecule has 3 aromatic rings. The fourth-order valence-electron chi connectivity index (χ4n) is 2.71. The highest BCUT2D eigenvalue weighted by Gasteiger charge is 2.34. The molecule has 140 valence electrons. The Kier molecular flexibility index (Phi) is 4.89. The van der Waals surface area contributed by atoms with Crippen LogP contribution < -0.4 is 10.1 Å². The van der Waals surface area contributed by atoms with E-state index in [1.807, 2.05) is 0 Å². The number of anilines is 1. The second kappa shape index (κ2) is 7.14. The monoisotopic (exact) mass is 375 g/mol. The van der Waals surface area contributed by atoms with Gasteiger partial charge in [0.2, 0.25) is 0 Å². The van der Waals surface area contributed by atoms with Gasteiger partial charge in [0.1, 0.15) is 11.6 Å². The van der Waals surface area contributed by atoms with Crippen molar-refractivity contribution in [1.82, 2.24) is 9.55 Å². The van der Waals surface area contributed by atoms with Crippen LogP contribution in [0.15, 0.2) is 54.9 Å². The molecular formula is C19H16F3N3O2. The van der Waals surface area contributed by atoms with Crippen molar-refractivity contribution in [2.75, 3.05) is 12.4 Å². The molecule has 0 aliphatic heterocycles. The molecule has 3 rings (SSSR count). The molecule has 0 aliphatic rings. The zero-order valence-electron chi connectivity index (χ0n) is 14.5. The van der Waals surface area contributed by atoms with Crippen LogP contribution in [0.3, 0.4) is 0 Å². The summed E-state index contributed by atoms with van der Waals surface area (Å²) >= 11 is 0. The molecule has 0 atom stereocenters. The Morgan fingerprint density at radius 3 is 2.56 bits per heavy atom. The molecule has 0 radical (unpaired) electrons. The Labute approximate surface area is 153 Å². The Bertz CT molecular complexity index is 980. The van der Waals surface area contributed by atoms with Crippen molar-refractivity contribution in [2.24, 2.45) is 0 Å². The van der Waals surface area contributed by atoms with E-state index in [9.17, 15) is 18.0 Å². The second-order valence-corrected chi connectivity index (χ2v) is 5.73. The van der Waals surface area contributed by atoms with Gasteiger partial charge in [0, 0.05) is 18.1 Å². The fraction of sp³-hybridized carbons (Fsp3) is 0.158. The number of para-hydroxylation sites is 1. The van der Waals surface area contributed by atoms with Gasteiger partial charge in [-0.05, 0) is 37.3 Å². The number of amides is 1. The van der Waals surface area contributed by atoms with Crippen molar-refractivity contribution in [1.29, 1.82) is 0 Å². The largest absolute Gasteiger partial charge is 0.496 e. The van der Waals surface area contributed by atoms with Crippen molar-refractivity contribution in [3.8, 4) is 11.4 Å². The van der Waals surface area contributed by atoms with Crippen LogP contribution in [-0.4, -0.2) is 22.6 Å². The molecule has 0 spiro atoms. The smallest absolute Gasteiger partial charge is 0.418 e. The number of carbonyl (C=O) groups excluding carboxylic acids is 1. The van der Waals surface area contributed by atoms with E-state index in [0.29, 0.717) is 11.6 Å². The maximum absolute atomic E-state index is 13.6. The van der Waals surface area contributed by atoms with Crippen LogP contribution in [0.5, 0.6) is 5.75 Å². The number of rotatable bonds is 4. The molecule has 1 amide bonds. The average Bonchev–Trinajstić information content (AvgIpc) is 3.06. The van der Waals surface area contributed by atoms with Crippen molar-refractivity contribution in [3.63, 3.8) is 0 Å². The third kappa shape index (κ3) is 3.79. The summed E-state index contributed by atoms with van der Waals surface area (Å²) < 4.78 is 47.1. The topological polar surface area (TPSA) is 56.1 Å². The summed E-state index contributed by atoms with van der Waals surface area (Å²) in [6.07, 6.45) is -1.73. The number of alkyl halides is 3. The molecule has 2 aromatic carbocycles. The van der Waals surface area contributed by atoms with Gasteiger partial charge in [0.05, 0.1) is 23.9 Å². The quantitative estimate of drug-likeness (QED) is 0.733. The zero-order valence-corrected chi connectivity index (χ0v) is 14.5. The first-order chi connectivity index (χ1) is 12.8. The van der Waals surface area contributed by atoms with Crippen molar-refractivity contribution < 1.29 is 22.7 Å². The lowest BCUT2D eigenvalue weighted by Gasteiger charge is -2.17. The SMILES string of the molecule is COc1ccccc1C(=O)Nc1ccc(-n2ccnc2C)c(C(F)(F)F)c1. The second-order valence-electron chi connectivity index (χ2n) is 5.73. The molecule has 0 unspecified atom stereocenters. The number of methoxy groups -OCH3 is 1. The van der Waals surface area contributed by atoms with Gasteiger partial charge in [-0.25, -0.2) is 4.98 Å². The maximum Gasteiger partial charge on any atom is 0.418 e. The van der Waals surface area contributed by atoms with Crippen LogP contribution in [0.2, 0.25) is 0 Å². The molecule has 0 saturated carbocycles. The van der Waals surface area contributed by atoms with E-state index in [4.69, 9.17) is 4.74 Å². The van der Waals surface area contributed by atoms with E-state index in [0.717, 1.165) is 6.07 Å². The number of benzene rings is 2. The molecule has 5 nitrogen and oxygen atoms in total. The lowest BCUT2D eigenvalue weighted by molar-refractivity contribution is -0.137. The molecule has 0 fully saturated rings. The Hall–Kier alpha value is -3.29. The number of imidazole rings is 1. The zero-order chi connectivity index (χ0) is 19.6. The number of ether oxygens (including phenoxy) is 1. The van der Waals surface area contributed by atoms with Crippen LogP contribution in [0.25, 0.3) is 5.69 Å². The van der Waals surface area contributed by atoms with Crippen molar-refractivity contribution in [3.05, 3.63) is 71.8 Å². The third-order valence-electron chi connectivity index (χ3n) is 4.00. The van der Waals surface area contributed by atoms with Crippen LogP contribution >= 0.6 is 0 Å². The van der Waals surface area contributed by atoms with Crippen molar-refractivity contribution in [2.45, 2.75) is 13.1 Å². The summed E-state index contributed by atoms with van der Waals surface area (Å²) in [6, 6.07) is 10.1. The predicted molar refractivity (Wildman–Crippen MR) is 94.3 cm³/mol.